The zero-order valence-electron chi connectivity index (χ0n) is 19.1. The van der Waals surface area contributed by atoms with Crippen LogP contribution in [0.2, 0.25) is 5.02 Å². The molecule has 1 atom stereocenters. The minimum absolute atomic E-state index is 0.0703. The summed E-state index contributed by atoms with van der Waals surface area (Å²) in [6, 6.07) is 14.3. The molecule has 0 bridgehead atoms. The predicted octanol–water partition coefficient (Wildman–Crippen LogP) is 5.40. The molecular weight excluding hydrogens is 456 g/mol. The van der Waals surface area contributed by atoms with Gasteiger partial charge in [0.2, 0.25) is 5.91 Å². The highest BCUT2D eigenvalue weighted by Crippen LogP contribution is 2.36. The Morgan fingerprint density at radius 2 is 1.74 bits per heavy atom. The summed E-state index contributed by atoms with van der Waals surface area (Å²) in [5, 5.41) is 3.66. The number of rotatable bonds is 8. The van der Waals surface area contributed by atoms with Gasteiger partial charge in [-0.1, -0.05) is 30.5 Å². The van der Waals surface area contributed by atoms with Crippen LogP contribution in [0.3, 0.4) is 0 Å². The molecule has 0 radical (unpaired) electrons. The zero-order valence-corrected chi connectivity index (χ0v) is 19.9. The number of halogens is 1. The Morgan fingerprint density at radius 3 is 2.35 bits per heavy atom. The first-order valence-corrected chi connectivity index (χ1v) is 11.5. The topological polar surface area (TPSA) is 81.0 Å². The van der Waals surface area contributed by atoms with E-state index in [1.165, 1.54) is 18.3 Å². The average molecular weight is 483 g/mol. The monoisotopic (exact) mass is 482 g/mol. The molecule has 1 aliphatic rings. The number of nitrogens with zero attached hydrogens (tertiary/aromatic N) is 1. The van der Waals surface area contributed by atoms with Gasteiger partial charge in [-0.05, 0) is 66.9 Å². The Balaban J connectivity index is 1.84. The van der Waals surface area contributed by atoms with Gasteiger partial charge in [-0.25, -0.2) is 0 Å². The number of carbonyl (C=O) groups is 2. The second-order valence-electron chi connectivity index (χ2n) is 8.14. The minimum atomic E-state index is -0.987. The van der Waals surface area contributed by atoms with Gasteiger partial charge in [0.25, 0.3) is 5.91 Å². The maximum absolute atomic E-state index is 13.8. The van der Waals surface area contributed by atoms with Crippen LogP contribution in [0.15, 0.2) is 65.3 Å². The Morgan fingerprint density at radius 1 is 1.03 bits per heavy atom. The van der Waals surface area contributed by atoms with Crippen LogP contribution in [-0.4, -0.2) is 32.1 Å². The van der Waals surface area contributed by atoms with Gasteiger partial charge in [0.1, 0.15) is 6.04 Å². The molecule has 1 fully saturated rings. The quantitative estimate of drug-likeness (QED) is 0.465. The normalized spacial score (nSPS) is 14.4. The molecule has 1 aromatic heterocycles. The van der Waals surface area contributed by atoms with E-state index >= 15 is 0 Å². The summed E-state index contributed by atoms with van der Waals surface area (Å²) in [7, 11) is 3.07. The lowest BCUT2D eigenvalue weighted by Crippen LogP contribution is -2.46. The van der Waals surface area contributed by atoms with E-state index in [4.69, 9.17) is 25.5 Å². The highest BCUT2D eigenvalue weighted by molar-refractivity contribution is 6.30. The maximum Gasteiger partial charge on any atom is 0.294 e. The van der Waals surface area contributed by atoms with Crippen LogP contribution in [0, 0.1) is 0 Å². The molecule has 178 valence electrons. The van der Waals surface area contributed by atoms with Crippen LogP contribution in [-0.2, 0) is 4.79 Å². The largest absolute Gasteiger partial charge is 0.493 e. The number of carbonyl (C=O) groups excluding carboxylic acids is 2. The van der Waals surface area contributed by atoms with Crippen molar-refractivity contribution in [1.82, 2.24) is 5.32 Å². The number of ether oxygens (including phenoxy) is 2. The third-order valence-corrected chi connectivity index (χ3v) is 6.24. The van der Waals surface area contributed by atoms with Crippen molar-refractivity contribution in [2.75, 3.05) is 19.1 Å². The van der Waals surface area contributed by atoms with E-state index in [2.05, 4.69) is 5.32 Å². The molecule has 34 heavy (non-hydrogen) atoms. The molecule has 0 unspecified atom stereocenters. The van der Waals surface area contributed by atoms with E-state index in [1.807, 2.05) is 0 Å². The van der Waals surface area contributed by atoms with E-state index in [0.717, 1.165) is 25.7 Å². The number of nitrogens with one attached hydrogen (secondary N) is 1. The van der Waals surface area contributed by atoms with Crippen LogP contribution in [0.4, 0.5) is 5.69 Å². The van der Waals surface area contributed by atoms with Gasteiger partial charge in [-0.2, -0.15) is 0 Å². The second kappa shape index (κ2) is 10.7. The van der Waals surface area contributed by atoms with Gasteiger partial charge in [-0.15, -0.1) is 0 Å². The van der Waals surface area contributed by atoms with Crippen molar-refractivity contribution >= 4 is 29.1 Å². The van der Waals surface area contributed by atoms with E-state index in [1.54, 1.807) is 61.7 Å². The molecule has 4 rings (SSSR count). The molecule has 7 nitrogen and oxygen atoms in total. The summed E-state index contributed by atoms with van der Waals surface area (Å²) in [5.74, 6) is 0.369. The molecule has 1 N–H and O–H groups in total. The van der Waals surface area contributed by atoms with Crippen LogP contribution in [0.25, 0.3) is 0 Å². The average Bonchev–Trinajstić information content (AvgIpc) is 3.57. The smallest absolute Gasteiger partial charge is 0.294 e. The van der Waals surface area contributed by atoms with Crippen molar-refractivity contribution in [2.45, 2.75) is 37.8 Å². The fourth-order valence-corrected chi connectivity index (χ4v) is 4.42. The van der Waals surface area contributed by atoms with E-state index in [9.17, 15) is 9.59 Å². The summed E-state index contributed by atoms with van der Waals surface area (Å²) in [5.41, 5.74) is 1.08. The molecule has 1 aliphatic carbocycles. The third kappa shape index (κ3) is 5.04. The number of methoxy groups -OCH3 is 2. The number of benzene rings is 2. The van der Waals surface area contributed by atoms with E-state index < -0.39 is 11.9 Å². The van der Waals surface area contributed by atoms with Crippen LogP contribution >= 0.6 is 11.6 Å². The van der Waals surface area contributed by atoms with Gasteiger partial charge in [-0.3, -0.25) is 14.5 Å². The lowest BCUT2D eigenvalue weighted by atomic mass is 10.0. The standard InChI is InChI=1S/C26H27ClN2O5/c1-32-21-14-9-17(16-23(21)33-2)24(25(30)28-19-6-3-4-7-19)29(20-12-10-18(27)11-13-20)26(31)22-8-5-15-34-22/h5,8-16,19,24H,3-4,6-7H2,1-2H3,(H,28,30)/t24-/m0/s1. The van der Waals surface area contributed by atoms with Crippen molar-refractivity contribution in [3.05, 3.63) is 77.2 Å². The number of furan rings is 1. The van der Waals surface area contributed by atoms with Gasteiger partial charge >= 0.3 is 0 Å². The Bertz CT molecular complexity index is 1120. The molecule has 2 amide bonds. The Hall–Kier alpha value is -3.45. The number of anilines is 1. The second-order valence-corrected chi connectivity index (χ2v) is 8.57. The highest BCUT2D eigenvalue weighted by atomic mass is 35.5. The van der Waals surface area contributed by atoms with Crippen LogP contribution in [0.1, 0.15) is 47.8 Å². The summed E-state index contributed by atoms with van der Waals surface area (Å²) in [4.78, 5) is 28.9. The molecule has 1 saturated carbocycles. The molecule has 8 heteroatoms. The number of amides is 2. The molecular formula is C26H27ClN2O5. The van der Waals surface area contributed by atoms with Crippen LogP contribution < -0.4 is 19.7 Å². The maximum atomic E-state index is 13.8. The Labute approximate surface area is 203 Å². The first-order valence-electron chi connectivity index (χ1n) is 11.2. The first-order chi connectivity index (χ1) is 16.5. The van der Waals surface area contributed by atoms with E-state index in [0.29, 0.717) is 27.8 Å². The summed E-state index contributed by atoms with van der Waals surface area (Å²) in [6.07, 6.45) is 5.39. The van der Waals surface area contributed by atoms with Gasteiger partial charge in [0.05, 0.1) is 20.5 Å². The number of hydrogen-bond acceptors (Lipinski definition) is 5. The van der Waals surface area contributed by atoms with Gasteiger partial charge < -0.3 is 19.2 Å². The van der Waals surface area contributed by atoms with E-state index in [-0.39, 0.29) is 17.7 Å². The molecule has 0 saturated heterocycles. The fraction of sp³-hybridized carbons (Fsp3) is 0.308. The minimum Gasteiger partial charge on any atom is -0.493 e. The lowest BCUT2D eigenvalue weighted by Gasteiger charge is -2.32. The van der Waals surface area contributed by atoms with Gasteiger partial charge in [0.15, 0.2) is 17.3 Å². The highest BCUT2D eigenvalue weighted by Gasteiger charge is 2.36. The summed E-state index contributed by atoms with van der Waals surface area (Å²) < 4.78 is 16.3. The van der Waals surface area contributed by atoms with Crippen molar-refractivity contribution in [3.8, 4) is 11.5 Å². The Kier molecular flexibility index (Phi) is 7.43. The van der Waals surface area contributed by atoms with Crippen molar-refractivity contribution in [1.29, 1.82) is 0 Å². The molecule has 0 aliphatic heterocycles. The predicted molar refractivity (Wildman–Crippen MR) is 130 cm³/mol. The first kappa shape index (κ1) is 23.7. The third-order valence-electron chi connectivity index (χ3n) is 5.99. The zero-order chi connectivity index (χ0) is 24.1. The fourth-order valence-electron chi connectivity index (χ4n) is 4.30. The van der Waals surface area contributed by atoms with Crippen LogP contribution in [0.5, 0.6) is 11.5 Å². The molecule has 2 aromatic carbocycles. The lowest BCUT2D eigenvalue weighted by molar-refractivity contribution is -0.123. The van der Waals surface area contributed by atoms with Gasteiger partial charge in [0, 0.05) is 16.8 Å². The summed E-state index contributed by atoms with van der Waals surface area (Å²) >= 11 is 6.11. The number of hydrogen-bond donors (Lipinski definition) is 1. The van der Waals surface area contributed by atoms with Crippen molar-refractivity contribution in [3.63, 3.8) is 0 Å². The molecule has 0 spiro atoms. The van der Waals surface area contributed by atoms with Crippen molar-refractivity contribution in [2.24, 2.45) is 0 Å². The SMILES string of the molecule is COc1ccc([C@@H](C(=O)NC2CCCC2)N(C(=O)c2ccco2)c2ccc(Cl)cc2)cc1OC. The molecule has 3 aromatic rings. The molecule has 1 heterocycles. The summed E-state index contributed by atoms with van der Waals surface area (Å²) in [6.45, 7) is 0. The van der Waals surface area contributed by atoms with Crippen molar-refractivity contribution < 1.29 is 23.5 Å².